The van der Waals surface area contributed by atoms with Crippen LogP contribution in [0, 0.1) is 11.3 Å². The van der Waals surface area contributed by atoms with Crippen molar-refractivity contribution < 1.29 is 21.5 Å². The van der Waals surface area contributed by atoms with E-state index in [2.05, 4.69) is 20.2 Å². The van der Waals surface area contributed by atoms with Crippen LogP contribution in [0.5, 0.6) is 0 Å². The summed E-state index contributed by atoms with van der Waals surface area (Å²) >= 11 is 5.57. The normalized spacial score (nSPS) is 10.2. The Morgan fingerprint density at radius 2 is 1.92 bits per heavy atom. The summed E-state index contributed by atoms with van der Waals surface area (Å²) in [5, 5.41) is 8.37. The molecule has 0 unspecified atom stereocenters. The third kappa shape index (κ3) is 8.32. The Morgan fingerprint density at radius 3 is 2.33 bits per heavy atom. The molecule has 0 saturated carbocycles. The van der Waals surface area contributed by atoms with Crippen molar-refractivity contribution in [1.29, 1.82) is 5.26 Å². The molecule has 0 aromatic heterocycles. The van der Waals surface area contributed by atoms with Crippen LogP contribution >= 0.6 is 11.6 Å². The molecule has 0 bridgehead atoms. The standard InChI is InChI=1S/C8H16ClN2.BrH/c1-11(2,7-3-5-9)8-4-6-10;/h3-5,7-8H2,1-2H3;1H/q+1;/p-1. The van der Waals surface area contributed by atoms with Gasteiger partial charge in [-0.15, -0.1) is 11.6 Å². The SMILES string of the molecule is C[N+](C)(CCC#N)CCCCl.[Br-]. The van der Waals surface area contributed by atoms with Gasteiger partial charge in [-0.3, -0.25) is 0 Å². The number of nitriles is 1. The molecule has 0 amide bonds. The number of halogens is 2. The zero-order valence-electron chi connectivity index (χ0n) is 7.69. The molecule has 0 fully saturated rings. The number of hydrogen-bond acceptors (Lipinski definition) is 1. The van der Waals surface area contributed by atoms with E-state index in [0.29, 0.717) is 12.3 Å². The van der Waals surface area contributed by atoms with Crippen molar-refractivity contribution in [2.45, 2.75) is 12.8 Å². The molecule has 0 heterocycles. The van der Waals surface area contributed by atoms with Gasteiger partial charge in [0.15, 0.2) is 0 Å². The molecule has 0 aliphatic rings. The smallest absolute Gasteiger partial charge is 0.0914 e. The highest BCUT2D eigenvalue weighted by Gasteiger charge is 2.12. The highest BCUT2D eigenvalue weighted by Crippen LogP contribution is 2.01. The molecule has 0 aromatic carbocycles. The molecule has 72 valence electrons. The van der Waals surface area contributed by atoms with Crippen LogP contribution in [0.25, 0.3) is 0 Å². The van der Waals surface area contributed by atoms with E-state index in [0.717, 1.165) is 24.0 Å². The summed E-state index contributed by atoms with van der Waals surface area (Å²) in [5.74, 6) is 0.717. The topological polar surface area (TPSA) is 23.8 Å². The third-order valence-electron chi connectivity index (χ3n) is 1.73. The molecule has 0 N–H and O–H groups in total. The van der Waals surface area contributed by atoms with Gasteiger partial charge < -0.3 is 21.5 Å². The van der Waals surface area contributed by atoms with Gasteiger partial charge in [0.05, 0.1) is 39.7 Å². The largest absolute Gasteiger partial charge is 1.00 e. The fourth-order valence-corrected chi connectivity index (χ4v) is 1.07. The second kappa shape index (κ2) is 7.85. The number of quaternary nitrogens is 1. The lowest BCUT2D eigenvalue weighted by molar-refractivity contribution is -0.889. The quantitative estimate of drug-likeness (QED) is 0.438. The number of alkyl halides is 1. The van der Waals surface area contributed by atoms with Gasteiger partial charge in [0, 0.05) is 12.3 Å². The van der Waals surface area contributed by atoms with Crippen LogP contribution < -0.4 is 17.0 Å². The molecule has 12 heavy (non-hydrogen) atoms. The van der Waals surface area contributed by atoms with E-state index in [-0.39, 0.29) is 17.0 Å². The molecule has 0 atom stereocenters. The number of rotatable bonds is 5. The van der Waals surface area contributed by atoms with Gasteiger partial charge in [0.25, 0.3) is 0 Å². The number of hydrogen-bond donors (Lipinski definition) is 0. The molecule has 0 saturated heterocycles. The predicted octanol–water partition coefficient (Wildman–Crippen LogP) is -1.39. The summed E-state index contributed by atoms with van der Waals surface area (Å²) in [6.07, 6.45) is 1.66. The van der Waals surface area contributed by atoms with Crippen LogP contribution in [0.2, 0.25) is 0 Å². The molecule has 0 aliphatic heterocycles. The first kappa shape index (κ1) is 14.7. The van der Waals surface area contributed by atoms with Crippen molar-refractivity contribution in [2.75, 3.05) is 33.1 Å². The van der Waals surface area contributed by atoms with Crippen LogP contribution in [-0.4, -0.2) is 37.5 Å². The molecule has 0 aliphatic carbocycles. The molecular weight excluding hydrogens is 239 g/mol. The van der Waals surface area contributed by atoms with Crippen molar-refractivity contribution in [1.82, 2.24) is 0 Å². The summed E-state index contributed by atoms with van der Waals surface area (Å²) < 4.78 is 0.903. The summed E-state index contributed by atoms with van der Waals surface area (Å²) in [6, 6.07) is 2.15. The zero-order valence-corrected chi connectivity index (χ0v) is 10.0. The van der Waals surface area contributed by atoms with Gasteiger partial charge >= 0.3 is 0 Å². The van der Waals surface area contributed by atoms with Gasteiger partial charge in [0.2, 0.25) is 0 Å². The first-order valence-electron chi connectivity index (χ1n) is 3.87. The van der Waals surface area contributed by atoms with Crippen molar-refractivity contribution in [2.24, 2.45) is 0 Å². The molecule has 0 radical (unpaired) electrons. The highest BCUT2D eigenvalue weighted by atomic mass is 79.9. The van der Waals surface area contributed by atoms with Crippen molar-refractivity contribution in [3.63, 3.8) is 0 Å². The average molecular weight is 256 g/mol. The van der Waals surface area contributed by atoms with Crippen LogP contribution in [0.15, 0.2) is 0 Å². The Bertz CT molecular complexity index is 142. The van der Waals surface area contributed by atoms with E-state index >= 15 is 0 Å². The molecule has 0 rings (SSSR count). The van der Waals surface area contributed by atoms with Crippen molar-refractivity contribution >= 4 is 11.6 Å². The maximum absolute atomic E-state index is 8.37. The van der Waals surface area contributed by atoms with Gasteiger partial charge in [-0.05, 0) is 0 Å². The molecule has 0 aromatic rings. The molecule has 4 heteroatoms. The van der Waals surface area contributed by atoms with Gasteiger partial charge in [-0.25, -0.2) is 0 Å². The van der Waals surface area contributed by atoms with Crippen LogP contribution in [0.3, 0.4) is 0 Å². The molecule has 0 spiro atoms. The maximum atomic E-state index is 8.37. The monoisotopic (exact) mass is 254 g/mol. The lowest BCUT2D eigenvalue weighted by Crippen LogP contribution is -3.00. The van der Waals surface area contributed by atoms with E-state index in [9.17, 15) is 0 Å². The molecular formula is C8H16BrClN2. The van der Waals surface area contributed by atoms with Gasteiger partial charge in [-0.1, -0.05) is 0 Å². The molecule has 2 nitrogen and oxygen atoms in total. The lowest BCUT2D eigenvalue weighted by Gasteiger charge is -2.28. The first-order valence-corrected chi connectivity index (χ1v) is 4.41. The summed E-state index contributed by atoms with van der Waals surface area (Å²) in [5.41, 5.74) is 0. The zero-order chi connectivity index (χ0) is 8.74. The van der Waals surface area contributed by atoms with Crippen LogP contribution in [-0.2, 0) is 0 Å². The van der Waals surface area contributed by atoms with Crippen molar-refractivity contribution in [3.8, 4) is 6.07 Å². The average Bonchev–Trinajstić information content (AvgIpc) is 1.97. The van der Waals surface area contributed by atoms with Gasteiger partial charge in [-0.2, -0.15) is 5.26 Å². The minimum Gasteiger partial charge on any atom is -1.00 e. The fraction of sp³-hybridized carbons (Fsp3) is 0.875. The fourth-order valence-electron chi connectivity index (χ4n) is 0.952. The summed E-state index contributed by atoms with van der Waals surface area (Å²) in [7, 11) is 4.26. The first-order chi connectivity index (χ1) is 5.12. The van der Waals surface area contributed by atoms with Crippen LogP contribution in [0.4, 0.5) is 0 Å². The number of nitrogens with zero attached hydrogens (tertiary/aromatic N) is 2. The second-order valence-electron chi connectivity index (χ2n) is 3.33. The van der Waals surface area contributed by atoms with E-state index in [1.807, 2.05) is 0 Å². The second-order valence-corrected chi connectivity index (χ2v) is 3.71. The minimum absolute atomic E-state index is 0. The maximum Gasteiger partial charge on any atom is 0.0914 e. The van der Waals surface area contributed by atoms with E-state index < -0.39 is 0 Å². The van der Waals surface area contributed by atoms with E-state index in [4.69, 9.17) is 16.9 Å². The van der Waals surface area contributed by atoms with E-state index in [1.54, 1.807) is 0 Å². The highest BCUT2D eigenvalue weighted by molar-refractivity contribution is 6.17. The summed E-state index contributed by atoms with van der Waals surface area (Å²) in [6.45, 7) is 1.98. The Kier molecular flexibility index (Phi) is 9.63. The van der Waals surface area contributed by atoms with Crippen molar-refractivity contribution in [3.05, 3.63) is 0 Å². The minimum atomic E-state index is 0. The Labute approximate surface area is 90.5 Å². The van der Waals surface area contributed by atoms with E-state index in [1.165, 1.54) is 0 Å². The van der Waals surface area contributed by atoms with Crippen LogP contribution in [0.1, 0.15) is 12.8 Å². The Balaban J connectivity index is 0. The Morgan fingerprint density at radius 1 is 1.33 bits per heavy atom. The van der Waals surface area contributed by atoms with Gasteiger partial charge in [0.1, 0.15) is 0 Å². The predicted molar refractivity (Wildman–Crippen MR) is 47.4 cm³/mol. The summed E-state index contributed by atoms with van der Waals surface area (Å²) in [4.78, 5) is 0. The third-order valence-corrected chi connectivity index (χ3v) is 1.99. The Hall–Kier alpha value is 0.220. The lowest BCUT2D eigenvalue weighted by atomic mass is 10.3.